The second kappa shape index (κ2) is 8.12. The normalized spacial score (nSPS) is 16.3. The molecule has 162 valence electrons. The second-order valence-electron chi connectivity index (χ2n) is 8.95. The molecule has 0 N–H and O–H groups in total. The van der Waals surface area contributed by atoms with E-state index in [1.165, 1.54) is 0 Å². The maximum absolute atomic E-state index is 13.7. The standard InChI is InChI=1S/C25H28ClN3O2/c1-14(2)19-12-13-28(16(5)30)21-11-10-20-23(22(19)21)27-24(15(3)4)29(25(20)31)18-8-6-17(26)7-9-18/h6-11,14-15,19H,12-13H2,1-5H3. The van der Waals surface area contributed by atoms with Crippen molar-refractivity contribution >= 4 is 34.1 Å². The number of anilines is 1. The highest BCUT2D eigenvalue weighted by Crippen LogP contribution is 2.43. The fraction of sp³-hybridized carbons (Fsp3) is 0.400. The van der Waals surface area contributed by atoms with Gasteiger partial charge in [0.2, 0.25) is 5.91 Å². The van der Waals surface area contributed by atoms with Crippen LogP contribution in [-0.4, -0.2) is 22.0 Å². The van der Waals surface area contributed by atoms with Gasteiger partial charge in [-0.1, -0.05) is 39.3 Å². The third-order valence-electron chi connectivity index (χ3n) is 6.19. The van der Waals surface area contributed by atoms with Crippen LogP contribution in [0.1, 0.15) is 64.3 Å². The van der Waals surface area contributed by atoms with Gasteiger partial charge in [-0.05, 0) is 54.7 Å². The molecule has 0 aliphatic carbocycles. The Morgan fingerprint density at radius 1 is 1.10 bits per heavy atom. The van der Waals surface area contributed by atoms with Crippen molar-refractivity contribution in [3.8, 4) is 5.69 Å². The molecule has 6 heteroatoms. The molecular weight excluding hydrogens is 410 g/mol. The van der Waals surface area contributed by atoms with Crippen LogP contribution in [0.4, 0.5) is 5.69 Å². The number of carbonyl (C=O) groups excluding carboxylic acids is 1. The summed E-state index contributed by atoms with van der Waals surface area (Å²) in [5.74, 6) is 1.37. The van der Waals surface area contributed by atoms with Crippen LogP contribution in [-0.2, 0) is 4.79 Å². The minimum atomic E-state index is -0.0960. The highest BCUT2D eigenvalue weighted by molar-refractivity contribution is 6.30. The van der Waals surface area contributed by atoms with Crippen molar-refractivity contribution in [1.82, 2.24) is 9.55 Å². The zero-order chi connectivity index (χ0) is 22.4. The number of fused-ring (bicyclic) bond motifs is 3. The summed E-state index contributed by atoms with van der Waals surface area (Å²) < 4.78 is 1.69. The van der Waals surface area contributed by atoms with E-state index in [0.717, 1.165) is 28.9 Å². The molecule has 0 fully saturated rings. The minimum Gasteiger partial charge on any atom is -0.312 e. The molecule has 0 radical (unpaired) electrons. The summed E-state index contributed by atoms with van der Waals surface area (Å²) in [7, 11) is 0. The van der Waals surface area contributed by atoms with Gasteiger partial charge in [0.05, 0.1) is 16.6 Å². The molecule has 1 unspecified atom stereocenters. The highest BCUT2D eigenvalue weighted by atomic mass is 35.5. The van der Waals surface area contributed by atoms with Crippen molar-refractivity contribution in [1.29, 1.82) is 0 Å². The van der Waals surface area contributed by atoms with E-state index in [2.05, 4.69) is 13.8 Å². The van der Waals surface area contributed by atoms with E-state index in [0.29, 0.717) is 28.7 Å². The highest BCUT2D eigenvalue weighted by Gasteiger charge is 2.32. The predicted octanol–water partition coefficient (Wildman–Crippen LogP) is 5.66. The summed E-state index contributed by atoms with van der Waals surface area (Å²) in [6, 6.07) is 11.0. The Morgan fingerprint density at radius 3 is 2.35 bits per heavy atom. The molecule has 1 amide bonds. The maximum atomic E-state index is 13.7. The fourth-order valence-electron chi connectivity index (χ4n) is 4.63. The van der Waals surface area contributed by atoms with Gasteiger partial charge in [-0.2, -0.15) is 0 Å². The SMILES string of the molecule is CC(=O)N1CCC(C(C)C)c2c1ccc1c(=O)n(-c3ccc(Cl)cc3)c(C(C)C)nc21. The van der Waals surface area contributed by atoms with Gasteiger partial charge in [0.25, 0.3) is 5.56 Å². The smallest absolute Gasteiger partial charge is 0.265 e. The lowest BCUT2D eigenvalue weighted by atomic mass is 9.80. The summed E-state index contributed by atoms with van der Waals surface area (Å²) in [6.07, 6.45) is 0.863. The quantitative estimate of drug-likeness (QED) is 0.531. The summed E-state index contributed by atoms with van der Waals surface area (Å²) in [6.45, 7) is 10.7. The molecule has 0 saturated heterocycles. The van der Waals surface area contributed by atoms with Crippen molar-refractivity contribution < 1.29 is 4.79 Å². The first-order valence-electron chi connectivity index (χ1n) is 10.8. The van der Waals surface area contributed by atoms with Gasteiger partial charge in [-0.15, -0.1) is 0 Å². The van der Waals surface area contributed by atoms with Crippen LogP contribution in [0.3, 0.4) is 0 Å². The largest absolute Gasteiger partial charge is 0.312 e. The zero-order valence-corrected chi connectivity index (χ0v) is 19.4. The summed E-state index contributed by atoms with van der Waals surface area (Å²) >= 11 is 6.07. The van der Waals surface area contributed by atoms with Gasteiger partial charge < -0.3 is 4.90 Å². The average Bonchev–Trinajstić information content (AvgIpc) is 2.73. The third-order valence-corrected chi connectivity index (χ3v) is 6.45. The van der Waals surface area contributed by atoms with E-state index in [-0.39, 0.29) is 23.3 Å². The van der Waals surface area contributed by atoms with Gasteiger partial charge >= 0.3 is 0 Å². The molecule has 0 spiro atoms. The number of carbonyl (C=O) groups is 1. The number of hydrogen-bond acceptors (Lipinski definition) is 3. The lowest BCUT2D eigenvalue weighted by Gasteiger charge is -2.36. The summed E-state index contributed by atoms with van der Waals surface area (Å²) in [5.41, 5.74) is 3.28. The molecule has 0 saturated carbocycles. The van der Waals surface area contributed by atoms with E-state index in [4.69, 9.17) is 16.6 Å². The number of aromatic nitrogens is 2. The minimum absolute atomic E-state index is 0.0152. The van der Waals surface area contributed by atoms with Crippen molar-refractivity contribution in [3.63, 3.8) is 0 Å². The summed E-state index contributed by atoms with van der Waals surface area (Å²) in [5, 5.41) is 1.20. The molecule has 1 aromatic heterocycles. The van der Waals surface area contributed by atoms with Crippen LogP contribution in [0.5, 0.6) is 0 Å². The van der Waals surface area contributed by atoms with Crippen LogP contribution in [0.2, 0.25) is 5.02 Å². The lowest BCUT2D eigenvalue weighted by Crippen LogP contribution is -2.36. The van der Waals surface area contributed by atoms with E-state index in [9.17, 15) is 9.59 Å². The third kappa shape index (κ3) is 3.65. The Labute approximate surface area is 187 Å². The monoisotopic (exact) mass is 437 g/mol. The first-order valence-corrected chi connectivity index (χ1v) is 11.2. The lowest BCUT2D eigenvalue weighted by molar-refractivity contribution is -0.116. The van der Waals surface area contributed by atoms with Crippen LogP contribution < -0.4 is 10.5 Å². The molecular formula is C25H28ClN3O2. The molecule has 0 bridgehead atoms. The Balaban J connectivity index is 2.09. The Bertz CT molecular complexity index is 1210. The van der Waals surface area contributed by atoms with Crippen LogP contribution in [0, 0.1) is 5.92 Å². The molecule has 1 atom stereocenters. The van der Waals surface area contributed by atoms with Crippen molar-refractivity contribution in [3.05, 3.63) is 63.2 Å². The number of rotatable bonds is 3. The van der Waals surface area contributed by atoms with E-state index >= 15 is 0 Å². The number of benzene rings is 2. The molecule has 4 rings (SSSR count). The average molecular weight is 438 g/mol. The fourth-order valence-corrected chi connectivity index (χ4v) is 4.76. The van der Waals surface area contributed by atoms with Crippen molar-refractivity contribution in [2.24, 2.45) is 5.92 Å². The molecule has 3 aromatic rings. The van der Waals surface area contributed by atoms with Gasteiger partial charge in [0, 0.05) is 35.7 Å². The Morgan fingerprint density at radius 2 is 1.77 bits per heavy atom. The van der Waals surface area contributed by atoms with Crippen LogP contribution in [0.25, 0.3) is 16.6 Å². The summed E-state index contributed by atoms with van der Waals surface area (Å²) in [4.78, 5) is 32.9. The zero-order valence-electron chi connectivity index (χ0n) is 18.6. The van der Waals surface area contributed by atoms with E-state index in [1.807, 2.05) is 43.0 Å². The Hall–Kier alpha value is -2.66. The van der Waals surface area contributed by atoms with Crippen molar-refractivity contribution in [2.45, 2.75) is 52.9 Å². The number of hydrogen-bond donors (Lipinski definition) is 0. The molecule has 31 heavy (non-hydrogen) atoms. The predicted molar refractivity (Wildman–Crippen MR) is 127 cm³/mol. The van der Waals surface area contributed by atoms with Gasteiger partial charge in [-0.25, -0.2) is 4.98 Å². The Kier molecular flexibility index (Phi) is 5.65. The number of nitrogens with zero attached hydrogens (tertiary/aromatic N) is 3. The van der Waals surface area contributed by atoms with Gasteiger partial charge in [0.15, 0.2) is 0 Å². The molecule has 2 aromatic carbocycles. The second-order valence-corrected chi connectivity index (χ2v) is 9.38. The van der Waals surface area contributed by atoms with Gasteiger partial charge in [0.1, 0.15) is 5.82 Å². The van der Waals surface area contributed by atoms with E-state index < -0.39 is 0 Å². The number of amides is 1. The first-order chi connectivity index (χ1) is 14.7. The van der Waals surface area contributed by atoms with E-state index in [1.54, 1.807) is 23.6 Å². The maximum Gasteiger partial charge on any atom is 0.265 e. The molecule has 5 nitrogen and oxygen atoms in total. The van der Waals surface area contributed by atoms with Crippen LogP contribution >= 0.6 is 11.6 Å². The number of halogens is 1. The van der Waals surface area contributed by atoms with Gasteiger partial charge in [-0.3, -0.25) is 14.2 Å². The van der Waals surface area contributed by atoms with Crippen molar-refractivity contribution in [2.75, 3.05) is 11.4 Å². The first kappa shape index (κ1) is 21.6. The molecule has 1 aliphatic rings. The van der Waals surface area contributed by atoms with Crippen LogP contribution in [0.15, 0.2) is 41.2 Å². The molecule has 1 aliphatic heterocycles. The molecule has 2 heterocycles. The topological polar surface area (TPSA) is 55.2 Å².